The Labute approximate surface area is 125 Å². The Balaban J connectivity index is 1.76. The van der Waals surface area contributed by atoms with Crippen molar-refractivity contribution in [1.82, 2.24) is 10.6 Å². The third-order valence-corrected chi connectivity index (χ3v) is 4.89. The molecule has 0 bridgehead atoms. The van der Waals surface area contributed by atoms with Gasteiger partial charge in [0.1, 0.15) is 0 Å². The molecule has 120 valence electrons. The summed E-state index contributed by atoms with van der Waals surface area (Å²) in [6.07, 6.45) is 7.72. The quantitative estimate of drug-likeness (QED) is 0.630. The number of carboxylic acid groups (broad SMARTS) is 1. The number of aliphatic carboxylic acids is 1. The van der Waals surface area contributed by atoms with Gasteiger partial charge >= 0.3 is 12.0 Å². The van der Waals surface area contributed by atoms with Crippen molar-refractivity contribution in [2.45, 2.75) is 63.5 Å². The van der Waals surface area contributed by atoms with E-state index in [2.05, 4.69) is 10.6 Å². The van der Waals surface area contributed by atoms with Crippen LogP contribution in [0.2, 0.25) is 0 Å². The van der Waals surface area contributed by atoms with Crippen LogP contribution in [0, 0.1) is 11.8 Å². The van der Waals surface area contributed by atoms with E-state index in [0.717, 1.165) is 51.4 Å². The minimum Gasteiger partial charge on any atom is -0.481 e. The van der Waals surface area contributed by atoms with Crippen LogP contribution in [-0.4, -0.2) is 35.7 Å². The molecule has 6 heteroatoms. The molecule has 0 radical (unpaired) electrons. The molecule has 0 aliphatic heterocycles. The van der Waals surface area contributed by atoms with Gasteiger partial charge in [0.2, 0.25) is 0 Å². The van der Waals surface area contributed by atoms with Crippen LogP contribution in [-0.2, 0) is 4.79 Å². The van der Waals surface area contributed by atoms with Gasteiger partial charge in [0.15, 0.2) is 0 Å². The SMILES string of the molecule is NC1CCCCC1NC(=O)NCC1CCCCC1C(=O)O. The molecule has 2 saturated carbocycles. The molecule has 0 spiro atoms. The van der Waals surface area contributed by atoms with Crippen LogP contribution >= 0.6 is 0 Å². The minimum atomic E-state index is -0.740. The summed E-state index contributed by atoms with van der Waals surface area (Å²) in [7, 11) is 0. The van der Waals surface area contributed by atoms with Gasteiger partial charge in [-0.3, -0.25) is 4.79 Å². The van der Waals surface area contributed by atoms with Crippen LogP contribution in [0.15, 0.2) is 0 Å². The van der Waals surface area contributed by atoms with Gasteiger partial charge in [0.25, 0.3) is 0 Å². The summed E-state index contributed by atoms with van der Waals surface area (Å²) in [6, 6.07) is -0.140. The Bertz CT molecular complexity index is 375. The zero-order chi connectivity index (χ0) is 15.2. The van der Waals surface area contributed by atoms with E-state index >= 15 is 0 Å². The molecule has 0 heterocycles. The smallest absolute Gasteiger partial charge is 0.315 e. The van der Waals surface area contributed by atoms with Gasteiger partial charge in [0.05, 0.1) is 5.92 Å². The number of hydrogen-bond acceptors (Lipinski definition) is 3. The van der Waals surface area contributed by atoms with Crippen molar-refractivity contribution in [3.63, 3.8) is 0 Å². The lowest BCUT2D eigenvalue weighted by molar-refractivity contribution is -0.144. The van der Waals surface area contributed by atoms with E-state index in [1.807, 2.05) is 0 Å². The van der Waals surface area contributed by atoms with E-state index in [1.54, 1.807) is 0 Å². The highest BCUT2D eigenvalue weighted by atomic mass is 16.4. The normalized spacial score (nSPS) is 33.2. The molecule has 4 atom stereocenters. The molecule has 2 aliphatic rings. The lowest BCUT2D eigenvalue weighted by Crippen LogP contribution is -2.53. The van der Waals surface area contributed by atoms with E-state index in [4.69, 9.17) is 5.73 Å². The zero-order valence-corrected chi connectivity index (χ0v) is 12.5. The van der Waals surface area contributed by atoms with Gasteiger partial charge in [-0.2, -0.15) is 0 Å². The molecule has 2 aliphatic carbocycles. The molecule has 0 saturated heterocycles. The fraction of sp³-hybridized carbons (Fsp3) is 0.867. The topological polar surface area (TPSA) is 104 Å². The first-order chi connectivity index (χ1) is 10.1. The maximum atomic E-state index is 12.0. The van der Waals surface area contributed by atoms with E-state index < -0.39 is 5.97 Å². The van der Waals surface area contributed by atoms with Crippen molar-refractivity contribution < 1.29 is 14.7 Å². The van der Waals surface area contributed by atoms with E-state index in [1.165, 1.54) is 0 Å². The fourth-order valence-electron chi connectivity index (χ4n) is 3.56. The van der Waals surface area contributed by atoms with Crippen LogP contribution in [0.3, 0.4) is 0 Å². The van der Waals surface area contributed by atoms with E-state index in [-0.39, 0.29) is 30.0 Å². The van der Waals surface area contributed by atoms with Gasteiger partial charge in [-0.05, 0) is 31.6 Å². The number of carbonyl (C=O) groups is 2. The maximum absolute atomic E-state index is 12.0. The second-order valence-electron chi connectivity index (χ2n) is 6.40. The lowest BCUT2D eigenvalue weighted by atomic mass is 9.79. The molecule has 4 unspecified atom stereocenters. The number of rotatable bonds is 4. The molecule has 0 aromatic rings. The van der Waals surface area contributed by atoms with Gasteiger partial charge in [0, 0.05) is 18.6 Å². The molecule has 21 heavy (non-hydrogen) atoms. The predicted octanol–water partition coefficient (Wildman–Crippen LogP) is 1.45. The van der Waals surface area contributed by atoms with Crippen molar-refractivity contribution in [2.24, 2.45) is 17.6 Å². The second kappa shape index (κ2) is 7.64. The monoisotopic (exact) mass is 297 g/mol. The van der Waals surface area contributed by atoms with Crippen molar-refractivity contribution >= 4 is 12.0 Å². The van der Waals surface area contributed by atoms with E-state index in [0.29, 0.717) is 6.54 Å². The number of carboxylic acids is 1. The van der Waals surface area contributed by atoms with Crippen LogP contribution < -0.4 is 16.4 Å². The summed E-state index contributed by atoms with van der Waals surface area (Å²) in [4.78, 5) is 23.2. The summed E-state index contributed by atoms with van der Waals surface area (Å²) >= 11 is 0. The molecule has 0 aromatic heterocycles. The standard InChI is InChI=1S/C15H27N3O3/c16-12-7-3-4-8-13(12)18-15(21)17-9-10-5-1-2-6-11(10)14(19)20/h10-13H,1-9,16H2,(H,19,20)(H2,17,18,21). The molecular weight excluding hydrogens is 270 g/mol. The number of carbonyl (C=O) groups excluding carboxylic acids is 1. The number of urea groups is 1. The molecular formula is C15H27N3O3. The Morgan fingerprint density at radius 2 is 1.71 bits per heavy atom. The fourth-order valence-corrected chi connectivity index (χ4v) is 3.56. The number of nitrogens with one attached hydrogen (secondary N) is 2. The third kappa shape index (κ3) is 4.59. The van der Waals surface area contributed by atoms with Gasteiger partial charge in [-0.1, -0.05) is 25.7 Å². The number of nitrogens with two attached hydrogens (primary N) is 1. The van der Waals surface area contributed by atoms with Crippen LogP contribution in [0.25, 0.3) is 0 Å². The summed E-state index contributed by atoms with van der Waals surface area (Å²) in [5.74, 6) is -1.02. The summed E-state index contributed by atoms with van der Waals surface area (Å²) < 4.78 is 0. The molecule has 6 nitrogen and oxygen atoms in total. The Morgan fingerprint density at radius 1 is 1.05 bits per heavy atom. The predicted molar refractivity (Wildman–Crippen MR) is 79.8 cm³/mol. The van der Waals surface area contributed by atoms with Crippen molar-refractivity contribution in [2.75, 3.05) is 6.54 Å². The third-order valence-electron chi connectivity index (χ3n) is 4.89. The zero-order valence-electron chi connectivity index (χ0n) is 12.5. The highest BCUT2D eigenvalue weighted by Gasteiger charge is 2.31. The summed E-state index contributed by atoms with van der Waals surface area (Å²) in [6.45, 7) is 0.435. The molecule has 5 N–H and O–H groups in total. The van der Waals surface area contributed by atoms with Crippen molar-refractivity contribution in [1.29, 1.82) is 0 Å². The summed E-state index contributed by atoms with van der Waals surface area (Å²) in [5, 5.41) is 15.0. The average molecular weight is 297 g/mol. The van der Waals surface area contributed by atoms with E-state index in [9.17, 15) is 14.7 Å². The molecule has 2 amide bonds. The Kier molecular flexibility index (Phi) is 5.85. The largest absolute Gasteiger partial charge is 0.481 e. The number of hydrogen-bond donors (Lipinski definition) is 4. The average Bonchev–Trinajstić information content (AvgIpc) is 2.48. The molecule has 2 fully saturated rings. The second-order valence-corrected chi connectivity index (χ2v) is 6.40. The van der Waals surface area contributed by atoms with Crippen LogP contribution in [0.4, 0.5) is 4.79 Å². The van der Waals surface area contributed by atoms with Crippen LogP contribution in [0.1, 0.15) is 51.4 Å². The van der Waals surface area contributed by atoms with Gasteiger partial charge in [-0.15, -0.1) is 0 Å². The first-order valence-corrected chi connectivity index (χ1v) is 8.10. The first-order valence-electron chi connectivity index (χ1n) is 8.10. The Hall–Kier alpha value is -1.30. The Morgan fingerprint density at radius 3 is 2.43 bits per heavy atom. The molecule has 0 aromatic carbocycles. The van der Waals surface area contributed by atoms with Crippen LogP contribution in [0.5, 0.6) is 0 Å². The van der Waals surface area contributed by atoms with Crippen molar-refractivity contribution in [3.8, 4) is 0 Å². The highest BCUT2D eigenvalue weighted by Crippen LogP contribution is 2.29. The maximum Gasteiger partial charge on any atom is 0.315 e. The van der Waals surface area contributed by atoms with Gasteiger partial charge in [-0.25, -0.2) is 4.79 Å². The number of amides is 2. The lowest BCUT2D eigenvalue weighted by Gasteiger charge is -2.31. The first kappa shape index (κ1) is 16.1. The highest BCUT2D eigenvalue weighted by molar-refractivity contribution is 5.74. The summed E-state index contributed by atoms with van der Waals surface area (Å²) in [5.41, 5.74) is 6.01. The van der Waals surface area contributed by atoms with Gasteiger partial charge < -0.3 is 21.5 Å². The van der Waals surface area contributed by atoms with Crippen molar-refractivity contribution in [3.05, 3.63) is 0 Å². The minimum absolute atomic E-state index is 0.0333. The molecule has 2 rings (SSSR count).